The average molecular weight is 318 g/mol. The van der Waals surface area contributed by atoms with E-state index in [1.165, 1.54) is 30.3 Å². The molecule has 120 valence electrons. The van der Waals surface area contributed by atoms with Crippen LogP contribution in [0.15, 0.2) is 47.5 Å². The van der Waals surface area contributed by atoms with Gasteiger partial charge in [0.15, 0.2) is 0 Å². The Hall–Kier alpha value is -2.95. The van der Waals surface area contributed by atoms with Gasteiger partial charge in [-0.2, -0.15) is 5.10 Å². The fraction of sp³-hybridized carbons (Fsp3) is 0.211. The lowest BCUT2D eigenvalue weighted by molar-refractivity contribution is 0.656. The molecule has 1 aliphatic carbocycles. The molecule has 5 nitrogen and oxygen atoms in total. The number of nitrogens with one attached hydrogen (secondary N) is 1. The van der Waals surface area contributed by atoms with E-state index in [1.807, 2.05) is 18.5 Å². The Bertz CT molecular complexity index is 914. The number of aryl methyl sites for hydroxylation is 1. The first-order valence-electron chi connectivity index (χ1n) is 8.19. The van der Waals surface area contributed by atoms with Crippen molar-refractivity contribution in [3.05, 3.63) is 75.7 Å². The molecular weight excluding hydrogens is 300 g/mol. The fourth-order valence-electron chi connectivity index (χ4n) is 3.07. The summed E-state index contributed by atoms with van der Waals surface area (Å²) in [5, 5.41) is 6.39. The second-order valence-electron chi connectivity index (χ2n) is 5.99. The van der Waals surface area contributed by atoms with Gasteiger partial charge in [-0.1, -0.05) is 18.2 Å². The molecule has 0 saturated carbocycles. The van der Waals surface area contributed by atoms with Gasteiger partial charge in [0.05, 0.1) is 17.7 Å². The molecule has 1 aliphatic rings. The summed E-state index contributed by atoms with van der Waals surface area (Å²) in [5.74, 6) is 0. The molecular formula is C19H18N4O. The molecule has 0 fully saturated rings. The summed E-state index contributed by atoms with van der Waals surface area (Å²) in [7, 11) is 0. The summed E-state index contributed by atoms with van der Waals surface area (Å²) < 4.78 is 2.20. The van der Waals surface area contributed by atoms with Crippen molar-refractivity contribution < 1.29 is 0 Å². The molecule has 0 spiro atoms. The van der Waals surface area contributed by atoms with Crippen LogP contribution in [0.4, 0.5) is 0 Å². The van der Waals surface area contributed by atoms with Crippen molar-refractivity contribution >= 4 is 12.2 Å². The number of rotatable bonds is 3. The van der Waals surface area contributed by atoms with Gasteiger partial charge in [0.25, 0.3) is 5.56 Å². The van der Waals surface area contributed by atoms with E-state index in [2.05, 4.69) is 44.0 Å². The number of benzene rings is 1. The van der Waals surface area contributed by atoms with Crippen LogP contribution < -0.4 is 5.56 Å². The van der Waals surface area contributed by atoms with E-state index in [-0.39, 0.29) is 5.56 Å². The van der Waals surface area contributed by atoms with Crippen molar-refractivity contribution in [1.82, 2.24) is 19.7 Å². The molecule has 0 atom stereocenters. The SMILES string of the molecule is O=c1ccc(C=Cc2ccc(-n3cnc4c3CCCC4)cc2)n[nH]1. The molecule has 24 heavy (non-hydrogen) atoms. The van der Waals surface area contributed by atoms with Crippen LogP contribution in [0.2, 0.25) is 0 Å². The van der Waals surface area contributed by atoms with Crippen molar-refractivity contribution in [3.63, 3.8) is 0 Å². The molecule has 0 aliphatic heterocycles. The highest BCUT2D eigenvalue weighted by molar-refractivity contribution is 5.68. The zero-order valence-corrected chi connectivity index (χ0v) is 13.3. The first-order valence-corrected chi connectivity index (χ1v) is 8.19. The van der Waals surface area contributed by atoms with Gasteiger partial charge in [-0.15, -0.1) is 0 Å². The second-order valence-corrected chi connectivity index (χ2v) is 5.99. The Labute approximate surface area is 139 Å². The second kappa shape index (κ2) is 6.28. The molecule has 0 amide bonds. The van der Waals surface area contributed by atoms with Crippen LogP contribution >= 0.6 is 0 Å². The lowest BCUT2D eigenvalue weighted by Gasteiger charge is -2.14. The zero-order chi connectivity index (χ0) is 16.4. The van der Waals surface area contributed by atoms with Crippen LogP contribution in [0.3, 0.4) is 0 Å². The minimum Gasteiger partial charge on any atom is -0.303 e. The molecule has 5 heteroatoms. The molecule has 0 radical (unpaired) electrons. The average Bonchev–Trinajstić information content (AvgIpc) is 3.06. The number of H-pyrrole nitrogens is 1. The zero-order valence-electron chi connectivity index (χ0n) is 13.3. The third-order valence-electron chi connectivity index (χ3n) is 4.35. The van der Waals surface area contributed by atoms with E-state index in [0.29, 0.717) is 0 Å². The van der Waals surface area contributed by atoms with E-state index in [1.54, 1.807) is 6.07 Å². The molecule has 0 saturated heterocycles. The van der Waals surface area contributed by atoms with E-state index < -0.39 is 0 Å². The number of aromatic nitrogens is 4. The van der Waals surface area contributed by atoms with E-state index in [9.17, 15) is 4.79 Å². The topological polar surface area (TPSA) is 63.6 Å². The quantitative estimate of drug-likeness (QED) is 0.807. The summed E-state index contributed by atoms with van der Waals surface area (Å²) in [6.45, 7) is 0. The summed E-state index contributed by atoms with van der Waals surface area (Å²) >= 11 is 0. The Morgan fingerprint density at radius 2 is 1.83 bits per heavy atom. The van der Waals surface area contributed by atoms with Gasteiger partial charge in [-0.3, -0.25) is 4.79 Å². The minimum absolute atomic E-state index is 0.194. The van der Waals surface area contributed by atoms with Gasteiger partial charge in [-0.05, 0) is 55.5 Å². The smallest absolute Gasteiger partial charge is 0.264 e. The van der Waals surface area contributed by atoms with Crippen molar-refractivity contribution in [1.29, 1.82) is 0 Å². The number of fused-ring (bicyclic) bond motifs is 1. The number of aromatic amines is 1. The third-order valence-corrected chi connectivity index (χ3v) is 4.35. The highest BCUT2D eigenvalue weighted by Crippen LogP contribution is 2.23. The van der Waals surface area contributed by atoms with Crippen LogP contribution in [0.25, 0.3) is 17.8 Å². The standard InChI is InChI=1S/C19H18N4O/c24-19-12-9-15(21-22-19)8-5-14-6-10-16(11-7-14)23-13-20-17-3-1-2-4-18(17)23/h5-13H,1-4H2,(H,22,24). The highest BCUT2D eigenvalue weighted by atomic mass is 16.1. The molecule has 1 aromatic carbocycles. The van der Waals surface area contributed by atoms with Crippen molar-refractivity contribution in [2.75, 3.05) is 0 Å². The van der Waals surface area contributed by atoms with E-state index >= 15 is 0 Å². The molecule has 2 heterocycles. The van der Waals surface area contributed by atoms with Gasteiger partial charge in [0.2, 0.25) is 0 Å². The van der Waals surface area contributed by atoms with Gasteiger partial charge in [0.1, 0.15) is 0 Å². The predicted octanol–water partition coefficient (Wildman–Crippen LogP) is 3.00. The van der Waals surface area contributed by atoms with Crippen LogP contribution in [0.1, 0.15) is 35.5 Å². The van der Waals surface area contributed by atoms with E-state index in [0.717, 1.165) is 29.8 Å². The van der Waals surface area contributed by atoms with Gasteiger partial charge in [-0.25, -0.2) is 10.1 Å². The lowest BCUT2D eigenvalue weighted by Crippen LogP contribution is -2.06. The fourth-order valence-corrected chi connectivity index (χ4v) is 3.07. The maximum Gasteiger partial charge on any atom is 0.264 e. The Morgan fingerprint density at radius 3 is 2.62 bits per heavy atom. The summed E-state index contributed by atoms with van der Waals surface area (Å²) in [5.41, 5.74) is 5.35. The van der Waals surface area contributed by atoms with Gasteiger partial charge in [0, 0.05) is 17.4 Å². The maximum atomic E-state index is 11.0. The summed E-state index contributed by atoms with van der Waals surface area (Å²) in [6, 6.07) is 11.5. The van der Waals surface area contributed by atoms with Crippen molar-refractivity contribution in [2.24, 2.45) is 0 Å². The number of nitrogens with zero attached hydrogens (tertiary/aromatic N) is 3. The number of hydrogen-bond donors (Lipinski definition) is 1. The third kappa shape index (κ3) is 2.93. The van der Waals surface area contributed by atoms with Crippen LogP contribution in [0, 0.1) is 0 Å². The lowest BCUT2D eigenvalue weighted by atomic mass is 10.0. The van der Waals surface area contributed by atoms with E-state index in [4.69, 9.17) is 0 Å². The van der Waals surface area contributed by atoms with Crippen molar-refractivity contribution in [2.45, 2.75) is 25.7 Å². The minimum atomic E-state index is -0.194. The first-order chi connectivity index (χ1) is 11.8. The first kappa shape index (κ1) is 14.6. The molecule has 3 aromatic rings. The molecule has 0 bridgehead atoms. The maximum absolute atomic E-state index is 11.0. The summed E-state index contributed by atoms with van der Waals surface area (Å²) in [4.78, 5) is 15.5. The Balaban J connectivity index is 1.55. The largest absolute Gasteiger partial charge is 0.303 e. The summed E-state index contributed by atoms with van der Waals surface area (Å²) in [6.07, 6.45) is 10.5. The molecule has 1 N–H and O–H groups in total. The van der Waals surface area contributed by atoms with Crippen LogP contribution in [0.5, 0.6) is 0 Å². The molecule has 2 aromatic heterocycles. The number of hydrogen-bond acceptors (Lipinski definition) is 3. The van der Waals surface area contributed by atoms with Gasteiger partial charge >= 0.3 is 0 Å². The normalized spacial score (nSPS) is 14.0. The Morgan fingerprint density at radius 1 is 1.00 bits per heavy atom. The van der Waals surface area contributed by atoms with Crippen LogP contribution in [-0.2, 0) is 12.8 Å². The predicted molar refractivity (Wildman–Crippen MR) is 94.0 cm³/mol. The number of imidazole rings is 1. The Kier molecular flexibility index (Phi) is 3.83. The highest BCUT2D eigenvalue weighted by Gasteiger charge is 2.15. The monoisotopic (exact) mass is 318 g/mol. The van der Waals surface area contributed by atoms with Gasteiger partial charge < -0.3 is 4.57 Å². The van der Waals surface area contributed by atoms with Crippen LogP contribution in [-0.4, -0.2) is 19.7 Å². The molecule has 0 unspecified atom stereocenters. The van der Waals surface area contributed by atoms with Crippen molar-refractivity contribution in [3.8, 4) is 5.69 Å². The molecule has 4 rings (SSSR count).